The van der Waals surface area contributed by atoms with Crippen LogP contribution in [0.3, 0.4) is 0 Å². The van der Waals surface area contributed by atoms with Crippen molar-refractivity contribution >= 4 is 0 Å². The first kappa shape index (κ1) is 9.98. The Kier molecular flexibility index (Phi) is 2.78. The van der Waals surface area contributed by atoms with E-state index in [4.69, 9.17) is 5.26 Å². The second-order valence-corrected chi connectivity index (χ2v) is 5.10. The molecule has 2 aliphatic carbocycles. The Bertz CT molecular complexity index is 235. The lowest BCUT2D eigenvalue weighted by atomic mass is 9.63. The second-order valence-electron chi connectivity index (χ2n) is 5.10. The molecule has 14 heavy (non-hydrogen) atoms. The van der Waals surface area contributed by atoms with Crippen LogP contribution >= 0.6 is 0 Å². The van der Waals surface area contributed by atoms with E-state index >= 15 is 0 Å². The fraction of sp³-hybridized carbons (Fsp3) is 0.917. The molecule has 2 fully saturated rings. The van der Waals surface area contributed by atoms with Crippen LogP contribution in [-0.2, 0) is 0 Å². The number of rotatable bonds is 3. The molecule has 2 aliphatic rings. The van der Waals surface area contributed by atoms with Gasteiger partial charge in [0.15, 0.2) is 0 Å². The predicted octanol–water partition coefficient (Wildman–Crippen LogP) is 2.46. The smallest absolute Gasteiger partial charge is 0.0666 e. The zero-order valence-corrected chi connectivity index (χ0v) is 9.05. The highest BCUT2D eigenvalue weighted by Crippen LogP contribution is 2.53. The van der Waals surface area contributed by atoms with Gasteiger partial charge < -0.3 is 5.32 Å². The summed E-state index contributed by atoms with van der Waals surface area (Å²) in [4.78, 5) is 0. The summed E-state index contributed by atoms with van der Waals surface area (Å²) in [7, 11) is 0. The highest BCUT2D eigenvalue weighted by atomic mass is 15.0. The molecule has 0 aromatic rings. The number of nitrogens with one attached hydrogen (secondary N) is 1. The molecule has 0 aromatic heterocycles. The zero-order chi connectivity index (χ0) is 10.0. The lowest BCUT2D eigenvalue weighted by molar-refractivity contribution is 0.0717. The van der Waals surface area contributed by atoms with Crippen molar-refractivity contribution in [2.24, 2.45) is 11.3 Å². The summed E-state index contributed by atoms with van der Waals surface area (Å²) >= 11 is 0. The van der Waals surface area contributed by atoms with Gasteiger partial charge in [-0.15, -0.1) is 0 Å². The Morgan fingerprint density at radius 2 is 2.14 bits per heavy atom. The van der Waals surface area contributed by atoms with Crippen LogP contribution in [0, 0.1) is 22.7 Å². The summed E-state index contributed by atoms with van der Waals surface area (Å²) in [5.74, 6) is 0.161. The first-order valence-corrected chi connectivity index (χ1v) is 5.90. The summed E-state index contributed by atoms with van der Waals surface area (Å²) < 4.78 is 0. The lowest BCUT2D eigenvalue weighted by Crippen LogP contribution is -2.52. The SMILES string of the molecule is CC(C#N)CNC1CCC12CCCC2. The Morgan fingerprint density at radius 3 is 2.64 bits per heavy atom. The van der Waals surface area contributed by atoms with Crippen molar-refractivity contribution in [3.05, 3.63) is 0 Å². The van der Waals surface area contributed by atoms with E-state index in [2.05, 4.69) is 11.4 Å². The van der Waals surface area contributed by atoms with E-state index in [1.165, 1.54) is 38.5 Å². The van der Waals surface area contributed by atoms with Crippen LogP contribution in [0.25, 0.3) is 0 Å². The molecule has 0 aromatic carbocycles. The van der Waals surface area contributed by atoms with Crippen molar-refractivity contribution in [2.45, 2.75) is 51.5 Å². The molecule has 2 rings (SSSR count). The molecule has 1 N–H and O–H groups in total. The number of nitriles is 1. The van der Waals surface area contributed by atoms with Gasteiger partial charge in [-0.25, -0.2) is 0 Å². The molecule has 0 aliphatic heterocycles. The fourth-order valence-corrected chi connectivity index (χ4v) is 3.06. The van der Waals surface area contributed by atoms with Gasteiger partial charge in [0.1, 0.15) is 0 Å². The average molecular weight is 192 g/mol. The quantitative estimate of drug-likeness (QED) is 0.745. The number of hydrogen-bond donors (Lipinski definition) is 1. The molecule has 0 amide bonds. The third-order valence-corrected chi connectivity index (χ3v) is 4.16. The second kappa shape index (κ2) is 3.90. The van der Waals surface area contributed by atoms with Crippen LogP contribution in [0.1, 0.15) is 45.4 Å². The van der Waals surface area contributed by atoms with Crippen LogP contribution in [0.5, 0.6) is 0 Å². The molecule has 0 saturated heterocycles. The minimum Gasteiger partial charge on any atom is -0.312 e. The van der Waals surface area contributed by atoms with Crippen LogP contribution in [-0.4, -0.2) is 12.6 Å². The number of nitrogens with zero attached hydrogens (tertiary/aromatic N) is 1. The van der Waals surface area contributed by atoms with Gasteiger partial charge >= 0.3 is 0 Å². The maximum atomic E-state index is 8.71. The molecule has 2 saturated carbocycles. The fourth-order valence-electron chi connectivity index (χ4n) is 3.06. The number of hydrogen-bond acceptors (Lipinski definition) is 2. The van der Waals surface area contributed by atoms with E-state index in [9.17, 15) is 0 Å². The third-order valence-electron chi connectivity index (χ3n) is 4.16. The molecule has 2 atom stereocenters. The van der Waals surface area contributed by atoms with Crippen LogP contribution in [0.4, 0.5) is 0 Å². The van der Waals surface area contributed by atoms with E-state index in [0.717, 1.165) is 12.6 Å². The molecule has 0 heterocycles. The van der Waals surface area contributed by atoms with E-state index < -0.39 is 0 Å². The summed E-state index contributed by atoms with van der Waals surface area (Å²) in [6.45, 7) is 2.87. The molecule has 2 heteroatoms. The van der Waals surface area contributed by atoms with Crippen molar-refractivity contribution in [1.82, 2.24) is 5.32 Å². The maximum absolute atomic E-state index is 8.71. The highest BCUT2D eigenvalue weighted by Gasteiger charge is 2.47. The van der Waals surface area contributed by atoms with Gasteiger partial charge in [0.05, 0.1) is 12.0 Å². The normalized spacial score (nSPS) is 31.0. The van der Waals surface area contributed by atoms with Gasteiger partial charge in [0.2, 0.25) is 0 Å². The minimum absolute atomic E-state index is 0.161. The van der Waals surface area contributed by atoms with Crippen molar-refractivity contribution in [3.63, 3.8) is 0 Å². The van der Waals surface area contributed by atoms with Crippen molar-refractivity contribution in [1.29, 1.82) is 5.26 Å². The van der Waals surface area contributed by atoms with E-state index in [0.29, 0.717) is 5.41 Å². The van der Waals surface area contributed by atoms with E-state index in [1.807, 2.05) is 6.92 Å². The first-order valence-electron chi connectivity index (χ1n) is 5.90. The molecular formula is C12H20N2. The van der Waals surface area contributed by atoms with Crippen LogP contribution < -0.4 is 5.32 Å². The van der Waals surface area contributed by atoms with Gasteiger partial charge in [-0.05, 0) is 38.0 Å². The van der Waals surface area contributed by atoms with Gasteiger partial charge in [0.25, 0.3) is 0 Å². The molecule has 2 nitrogen and oxygen atoms in total. The molecule has 1 spiro atoms. The van der Waals surface area contributed by atoms with Gasteiger partial charge in [-0.3, -0.25) is 0 Å². The largest absolute Gasteiger partial charge is 0.312 e. The Labute approximate surface area is 86.7 Å². The minimum atomic E-state index is 0.161. The Hall–Kier alpha value is -0.550. The van der Waals surface area contributed by atoms with Crippen LogP contribution in [0.2, 0.25) is 0 Å². The van der Waals surface area contributed by atoms with Gasteiger partial charge in [0, 0.05) is 12.6 Å². The topological polar surface area (TPSA) is 35.8 Å². The summed E-state index contributed by atoms with van der Waals surface area (Å²) in [5, 5.41) is 12.3. The summed E-state index contributed by atoms with van der Waals surface area (Å²) in [5.41, 5.74) is 0.648. The Morgan fingerprint density at radius 1 is 1.43 bits per heavy atom. The summed E-state index contributed by atoms with van der Waals surface area (Å²) in [6, 6.07) is 3.01. The van der Waals surface area contributed by atoms with Crippen LogP contribution in [0.15, 0.2) is 0 Å². The lowest BCUT2D eigenvalue weighted by Gasteiger charge is -2.48. The molecule has 0 radical (unpaired) electrons. The van der Waals surface area contributed by atoms with Gasteiger partial charge in [-0.1, -0.05) is 12.8 Å². The highest BCUT2D eigenvalue weighted by molar-refractivity contribution is 5.03. The van der Waals surface area contributed by atoms with Crippen molar-refractivity contribution < 1.29 is 0 Å². The average Bonchev–Trinajstić information content (AvgIpc) is 2.67. The zero-order valence-electron chi connectivity index (χ0n) is 9.05. The molecule has 0 bridgehead atoms. The van der Waals surface area contributed by atoms with E-state index in [-0.39, 0.29) is 5.92 Å². The molecular weight excluding hydrogens is 172 g/mol. The van der Waals surface area contributed by atoms with Gasteiger partial charge in [-0.2, -0.15) is 5.26 Å². The standard InChI is InChI=1S/C12H20N2/c1-10(8-13)9-14-11-4-7-12(11)5-2-3-6-12/h10-11,14H,2-7,9H2,1H3. The third kappa shape index (κ3) is 1.66. The predicted molar refractivity (Wildman–Crippen MR) is 56.7 cm³/mol. The van der Waals surface area contributed by atoms with E-state index in [1.54, 1.807) is 0 Å². The first-order chi connectivity index (χ1) is 6.77. The maximum Gasteiger partial charge on any atom is 0.0666 e. The summed E-state index contributed by atoms with van der Waals surface area (Å²) in [6.07, 6.45) is 8.44. The molecule has 78 valence electrons. The van der Waals surface area contributed by atoms with Crippen molar-refractivity contribution in [3.8, 4) is 6.07 Å². The van der Waals surface area contributed by atoms with Crippen molar-refractivity contribution in [2.75, 3.05) is 6.54 Å². The monoisotopic (exact) mass is 192 g/mol. The molecule has 2 unspecified atom stereocenters. The Balaban J connectivity index is 1.79.